The Kier molecular flexibility index (Phi) is 5.97. The van der Waals surface area contributed by atoms with E-state index in [0.717, 1.165) is 25.3 Å². The van der Waals surface area contributed by atoms with Gasteiger partial charge < -0.3 is 9.30 Å². The highest BCUT2D eigenvalue weighted by atomic mass is 16.5. The van der Waals surface area contributed by atoms with Crippen molar-refractivity contribution in [1.29, 1.82) is 0 Å². The van der Waals surface area contributed by atoms with Crippen molar-refractivity contribution in [2.75, 3.05) is 6.61 Å². The molecule has 0 fully saturated rings. The molecule has 0 spiro atoms. The van der Waals surface area contributed by atoms with Crippen molar-refractivity contribution in [2.24, 2.45) is 0 Å². The number of hydrogen-bond donors (Lipinski definition) is 0. The van der Waals surface area contributed by atoms with Crippen LogP contribution < -0.4 is 4.74 Å². The van der Waals surface area contributed by atoms with Crippen LogP contribution in [0.4, 0.5) is 0 Å². The van der Waals surface area contributed by atoms with Crippen molar-refractivity contribution in [2.45, 2.75) is 58.9 Å². The third-order valence-corrected chi connectivity index (χ3v) is 3.74. The van der Waals surface area contributed by atoms with Crippen LogP contribution >= 0.6 is 0 Å². The van der Waals surface area contributed by atoms with E-state index in [-0.39, 0.29) is 0 Å². The smallest absolute Gasteiger partial charge is 0.128 e. The standard InChI is InChI=1S/C18H27NO/c1-3-5-6-7-8-13-19-14-12-16-17(19)10-9-11-18(16)20-15-4-2/h9-12,14H,3-8,13,15H2,1-2H3. The Morgan fingerprint density at radius 3 is 2.60 bits per heavy atom. The lowest BCUT2D eigenvalue weighted by Crippen LogP contribution is -1.97. The quantitative estimate of drug-likeness (QED) is 0.558. The fraction of sp³-hybridized carbons (Fsp3) is 0.556. The molecule has 0 unspecified atom stereocenters. The summed E-state index contributed by atoms with van der Waals surface area (Å²) in [5.74, 6) is 1.02. The first kappa shape index (κ1) is 15.0. The van der Waals surface area contributed by atoms with Crippen molar-refractivity contribution in [3.63, 3.8) is 0 Å². The molecule has 0 amide bonds. The highest BCUT2D eigenvalue weighted by Gasteiger charge is 2.06. The lowest BCUT2D eigenvalue weighted by Gasteiger charge is -2.08. The first-order chi connectivity index (χ1) is 9.86. The molecule has 2 nitrogen and oxygen atoms in total. The van der Waals surface area contributed by atoms with Gasteiger partial charge in [0.15, 0.2) is 0 Å². The molecule has 0 saturated carbocycles. The summed E-state index contributed by atoms with van der Waals surface area (Å²) in [7, 11) is 0. The minimum absolute atomic E-state index is 0.793. The summed E-state index contributed by atoms with van der Waals surface area (Å²) in [4.78, 5) is 0. The summed E-state index contributed by atoms with van der Waals surface area (Å²) in [6, 6.07) is 8.55. The average Bonchev–Trinajstić information content (AvgIpc) is 2.89. The molecule has 1 heterocycles. The Balaban J connectivity index is 2.00. The Morgan fingerprint density at radius 2 is 1.80 bits per heavy atom. The molecule has 0 bridgehead atoms. The largest absolute Gasteiger partial charge is 0.493 e. The zero-order valence-electron chi connectivity index (χ0n) is 12.9. The van der Waals surface area contributed by atoms with Crippen LogP contribution in [-0.4, -0.2) is 11.2 Å². The minimum Gasteiger partial charge on any atom is -0.493 e. The molecule has 0 aliphatic carbocycles. The maximum Gasteiger partial charge on any atom is 0.128 e. The van der Waals surface area contributed by atoms with E-state index in [1.54, 1.807) is 0 Å². The number of aromatic nitrogens is 1. The number of fused-ring (bicyclic) bond motifs is 1. The van der Waals surface area contributed by atoms with E-state index >= 15 is 0 Å². The van der Waals surface area contributed by atoms with Gasteiger partial charge in [0.2, 0.25) is 0 Å². The molecule has 0 aliphatic heterocycles. The highest BCUT2D eigenvalue weighted by Crippen LogP contribution is 2.27. The number of hydrogen-bond acceptors (Lipinski definition) is 1. The number of aryl methyl sites for hydroxylation is 1. The molecule has 1 aromatic heterocycles. The molecule has 0 radical (unpaired) electrons. The number of unbranched alkanes of at least 4 members (excludes halogenated alkanes) is 4. The molecule has 2 heteroatoms. The van der Waals surface area contributed by atoms with E-state index in [9.17, 15) is 0 Å². The molecule has 1 aromatic carbocycles. The molecule has 110 valence electrons. The molecule has 20 heavy (non-hydrogen) atoms. The zero-order chi connectivity index (χ0) is 14.2. The Bertz CT molecular complexity index is 515. The second kappa shape index (κ2) is 7.98. The second-order valence-corrected chi connectivity index (χ2v) is 5.46. The second-order valence-electron chi connectivity index (χ2n) is 5.46. The number of rotatable bonds is 9. The van der Waals surface area contributed by atoms with Crippen LogP contribution in [0, 0.1) is 0 Å². The van der Waals surface area contributed by atoms with Crippen molar-refractivity contribution >= 4 is 10.9 Å². The van der Waals surface area contributed by atoms with Gasteiger partial charge >= 0.3 is 0 Å². The minimum atomic E-state index is 0.793. The van der Waals surface area contributed by atoms with Crippen molar-refractivity contribution in [3.05, 3.63) is 30.5 Å². The maximum atomic E-state index is 5.83. The van der Waals surface area contributed by atoms with Crippen molar-refractivity contribution < 1.29 is 4.74 Å². The Hall–Kier alpha value is -1.44. The number of benzene rings is 1. The van der Waals surface area contributed by atoms with Gasteiger partial charge in [-0.05, 0) is 31.0 Å². The van der Waals surface area contributed by atoms with Gasteiger partial charge in [0.25, 0.3) is 0 Å². The van der Waals surface area contributed by atoms with E-state index < -0.39 is 0 Å². The third-order valence-electron chi connectivity index (χ3n) is 3.74. The van der Waals surface area contributed by atoms with E-state index in [2.05, 4.69) is 48.9 Å². The van der Waals surface area contributed by atoms with Gasteiger partial charge in [-0.2, -0.15) is 0 Å². The summed E-state index contributed by atoms with van der Waals surface area (Å²) in [5.41, 5.74) is 1.30. The molecule has 2 rings (SSSR count). The van der Waals surface area contributed by atoms with Gasteiger partial charge in [-0.15, -0.1) is 0 Å². The monoisotopic (exact) mass is 273 g/mol. The first-order valence-corrected chi connectivity index (χ1v) is 8.07. The van der Waals surface area contributed by atoms with Gasteiger partial charge in [-0.25, -0.2) is 0 Å². The van der Waals surface area contributed by atoms with Crippen LogP contribution in [0.2, 0.25) is 0 Å². The van der Waals surface area contributed by atoms with Crippen molar-refractivity contribution in [3.8, 4) is 5.75 Å². The topological polar surface area (TPSA) is 14.2 Å². The Morgan fingerprint density at radius 1 is 0.950 bits per heavy atom. The van der Waals surface area contributed by atoms with Gasteiger partial charge in [-0.1, -0.05) is 45.6 Å². The van der Waals surface area contributed by atoms with Gasteiger partial charge in [0.05, 0.1) is 12.1 Å². The molecular weight excluding hydrogens is 246 g/mol. The summed E-state index contributed by atoms with van der Waals surface area (Å²) in [5, 5.41) is 1.24. The van der Waals surface area contributed by atoms with E-state index in [4.69, 9.17) is 4.74 Å². The summed E-state index contributed by atoms with van der Waals surface area (Å²) in [6.07, 6.45) is 9.88. The fourth-order valence-electron chi connectivity index (χ4n) is 2.61. The van der Waals surface area contributed by atoms with Crippen LogP contribution in [0.15, 0.2) is 30.5 Å². The molecule has 2 aromatic rings. The van der Waals surface area contributed by atoms with Crippen LogP contribution in [-0.2, 0) is 6.54 Å². The summed E-state index contributed by atoms with van der Waals surface area (Å²) < 4.78 is 8.19. The zero-order valence-corrected chi connectivity index (χ0v) is 12.9. The predicted octanol–water partition coefficient (Wildman–Crippen LogP) is 5.40. The van der Waals surface area contributed by atoms with Gasteiger partial charge in [0.1, 0.15) is 5.75 Å². The van der Waals surface area contributed by atoms with E-state index in [0.29, 0.717) is 0 Å². The highest BCUT2D eigenvalue weighted by molar-refractivity contribution is 5.86. The molecule has 0 N–H and O–H groups in total. The third kappa shape index (κ3) is 3.78. The summed E-state index contributed by atoms with van der Waals surface area (Å²) >= 11 is 0. The van der Waals surface area contributed by atoms with Crippen LogP contribution in [0.5, 0.6) is 5.75 Å². The first-order valence-electron chi connectivity index (χ1n) is 8.07. The van der Waals surface area contributed by atoms with Crippen LogP contribution in [0.25, 0.3) is 10.9 Å². The lowest BCUT2D eigenvalue weighted by atomic mass is 10.1. The average molecular weight is 273 g/mol. The number of nitrogens with zero attached hydrogens (tertiary/aromatic N) is 1. The van der Waals surface area contributed by atoms with Crippen LogP contribution in [0.3, 0.4) is 0 Å². The maximum absolute atomic E-state index is 5.83. The normalized spacial score (nSPS) is 11.1. The summed E-state index contributed by atoms with van der Waals surface area (Å²) in [6.45, 7) is 6.31. The van der Waals surface area contributed by atoms with Gasteiger partial charge in [-0.3, -0.25) is 0 Å². The van der Waals surface area contributed by atoms with Crippen LogP contribution in [0.1, 0.15) is 52.4 Å². The molecule has 0 aliphatic rings. The van der Waals surface area contributed by atoms with Crippen molar-refractivity contribution in [1.82, 2.24) is 4.57 Å². The molecule has 0 saturated heterocycles. The van der Waals surface area contributed by atoms with E-state index in [1.165, 1.54) is 43.0 Å². The predicted molar refractivity (Wildman–Crippen MR) is 86.5 cm³/mol. The Labute approximate surface area is 122 Å². The lowest BCUT2D eigenvalue weighted by molar-refractivity contribution is 0.321. The molecule has 0 atom stereocenters. The fourth-order valence-corrected chi connectivity index (χ4v) is 2.61. The molecular formula is C18H27NO. The number of ether oxygens (including phenoxy) is 1. The van der Waals surface area contributed by atoms with E-state index in [1.807, 2.05) is 0 Å². The SMILES string of the molecule is CCCCCCCn1ccc2c(OCCC)cccc21. The van der Waals surface area contributed by atoms with Gasteiger partial charge in [0, 0.05) is 18.1 Å².